The number of sulfonamides is 2. The molecular formula is C70H74N4O7S2. The number of carbonyl (C=O) groups excluding carboxylic acids is 2. The number of nitrogens with one attached hydrogen (secondary N) is 2. The highest BCUT2D eigenvalue weighted by molar-refractivity contribution is 7.89. The summed E-state index contributed by atoms with van der Waals surface area (Å²) >= 11 is 0. The molecule has 0 saturated heterocycles. The van der Waals surface area contributed by atoms with Gasteiger partial charge in [0.1, 0.15) is 23.6 Å². The van der Waals surface area contributed by atoms with E-state index in [0.717, 1.165) is 99.3 Å². The largest absolute Gasteiger partial charge is 0.457 e. The van der Waals surface area contributed by atoms with Crippen LogP contribution < -0.4 is 15.4 Å². The van der Waals surface area contributed by atoms with Crippen LogP contribution in [0.3, 0.4) is 0 Å². The summed E-state index contributed by atoms with van der Waals surface area (Å²) in [5.41, 5.74) is 8.52. The zero-order chi connectivity index (χ0) is 57.4. The molecule has 83 heavy (non-hydrogen) atoms. The lowest BCUT2D eigenvalue weighted by atomic mass is 9.94. The van der Waals surface area contributed by atoms with E-state index in [2.05, 4.69) is 59.2 Å². The molecule has 2 atom stereocenters. The van der Waals surface area contributed by atoms with Crippen molar-refractivity contribution in [1.82, 2.24) is 19.2 Å². The second-order valence-corrected chi connectivity index (χ2v) is 25.8. The van der Waals surface area contributed by atoms with Crippen molar-refractivity contribution in [2.24, 2.45) is 0 Å². The number of ether oxygens (including phenoxy) is 1. The number of benzene rings is 8. The zero-order valence-electron chi connectivity index (χ0n) is 47.0. The summed E-state index contributed by atoms with van der Waals surface area (Å²) in [7, 11) is -8.42. The maximum Gasteiger partial charge on any atom is 0.244 e. The lowest BCUT2D eigenvalue weighted by molar-refractivity contribution is -0.126. The van der Waals surface area contributed by atoms with E-state index in [4.69, 9.17) is 4.74 Å². The van der Waals surface area contributed by atoms with Crippen molar-refractivity contribution in [3.05, 3.63) is 263 Å². The van der Waals surface area contributed by atoms with E-state index in [1.54, 1.807) is 24.3 Å². The van der Waals surface area contributed by atoms with Gasteiger partial charge < -0.3 is 15.4 Å². The van der Waals surface area contributed by atoms with E-state index in [-0.39, 0.29) is 59.6 Å². The first-order valence-electron chi connectivity index (χ1n) is 29.3. The van der Waals surface area contributed by atoms with Crippen molar-refractivity contribution in [2.45, 2.75) is 137 Å². The number of amides is 2. The van der Waals surface area contributed by atoms with E-state index in [0.29, 0.717) is 11.5 Å². The van der Waals surface area contributed by atoms with Gasteiger partial charge in [0.05, 0.1) is 9.79 Å². The van der Waals surface area contributed by atoms with Crippen LogP contribution in [0.1, 0.15) is 95.9 Å². The summed E-state index contributed by atoms with van der Waals surface area (Å²) < 4.78 is 68.0. The van der Waals surface area contributed by atoms with E-state index in [9.17, 15) is 26.4 Å². The number of nitrogens with zero attached hydrogens (tertiary/aromatic N) is 2. The van der Waals surface area contributed by atoms with Crippen molar-refractivity contribution in [3.8, 4) is 11.5 Å². The van der Waals surface area contributed by atoms with E-state index in [1.807, 2.05) is 121 Å². The van der Waals surface area contributed by atoms with Crippen molar-refractivity contribution in [2.75, 3.05) is 0 Å². The van der Waals surface area contributed by atoms with Gasteiger partial charge in [-0.1, -0.05) is 170 Å². The highest BCUT2D eigenvalue weighted by Crippen LogP contribution is 2.34. The van der Waals surface area contributed by atoms with Gasteiger partial charge in [0.15, 0.2) is 0 Å². The third-order valence-electron chi connectivity index (χ3n) is 16.2. The molecule has 0 spiro atoms. The summed E-state index contributed by atoms with van der Waals surface area (Å²) in [5, 5.41) is 6.65. The average Bonchev–Trinajstić information content (AvgIpc) is 3.66. The molecule has 10 rings (SSSR count). The smallest absolute Gasteiger partial charge is 0.244 e. The molecule has 428 valence electrons. The third kappa shape index (κ3) is 15.5. The number of aryl methyl sites for hydroxylation is 4. The fraction of sp³-hybridized carbons (Fsp3) is 0.286. The molecule has 0 saturated carbocycles. The summed E-state index contributed by atoms with van der Waals surface area (Å²) in [5.74, 6) is 0.0350. The molecule has 2 amide bonds. The zero-order valence-corrected chi connectivity index (χ0v) is 48.6. The SMILES string of the molecule is O=C(NC(CCCc1ccccc1)CCCc1ccccc1)C1Cc2ccccc2CN1S(=O)(=O)c1ccc(Oc2ccc(S(=O)(=O)N3Cc4ccccc4CC3C(=O)NC(CCCc3ccccc3)CCCc3ccccc3)cc2)cc1. The molecule has 11 nitrogen and oxygen atoms in total. The molecule has 0 aliphatic carbocycles. The third-order valence-corrected chi connectivity index (χ3v) is 20.0. The van der Waals surface area contributed by atoms with Crippen LogP contribution in [0.5, 0.6) is 11.5 Å². The van der Waals surface area contributed by atoms with Crippen LogP contribution >= 0.6 is 0 Å². The molecule has 2 N–H and O–H groups in total. The van der Waals surface area contributed by atoms with Crippen LogP contribution in [0.2, 0.25) is 0 Å². The van der Waals surface area contributed by atoms with Gasteiger partial charge in [-0.3, -0.25) is 9.59 Å². The van der Waals surface area contributed by atoms with Gasteiger partial charge in [-0.05, 0) is 183 Å². The predicted molar refractivity (Wildman–Crippen MR) is 328 cm³/mol. The Labute approximate surface area is 490 Å². The maximum atomic E-state index is 14.8. The minimum absolute atomic E-state index is 0.0122. The Bertz CT molecular complexity index is 3280. The van der Waals surface area contributed by atoms with Crippen molar-refractivity contribution in [3.63, 3.8) is 0 Å². The minimum atomic E-state index is -4.21. The molecule has 2 unspecified atom stereocenters. The summed E-state index contributed by atoms with van der Waals surface area (Å²) in [6.45, 7) is 0.0775. The second kappa shape index (κ2) is 28.1. The molecule has 0 radical (unpaired) electrons. The Morgan fingerprint density at radius 2 is 0.663 bits per heavy atom. The fourth-order valence-corrected chi connectivity index (χ4v) is 14.8. The molecule has 0 aromatic heterocycles. The van der Waals surface area contributed by atoms with Crippen LogP contribution in [0.25, 0.3) is 0 Å². The second-order valence-electron chi connectivity index (χ2n) is 22.0. The molecular weight excluding hydrogens is 1070 g/mol. The van der Waals surface area contributed by atoms with Crippen LogP contribution in [0.15, 0.2) is 228 Å². The van der Waals surface area contributed by atoms with Gasteiger partial charge in [-0.25, -0.2) is 16.8 Å². The molecule has 0 fully saturated rings. The number of rotatable bonds is 26. The van der Waals surface area contributed by atoms with Crippen LogP contribution in [-0.2, 0) is 81.3 Å². The Hall–Kier alpha value is -7.68. The van der Waals surface area contributed by atoms with E-state index in [1.165, 1.54) is 55.1 Å². The topological polar surface area (TPSA) is 142 Å². The van der Waals surface area contributed by atoms with Crippen molar-refractivity contribution in [1.29, 1.82) is 0 Å². The molecule has 0 bridgehead atoms. The highest BCUT2D eigenvalue weighted by atomic mass is 32.2. The first-order chi connectivity index (χ1) is 40.5. The molecule has 2 aliphatic heterocycles. The average molecular weight is 1150 g/mol. The van der Waals surface area contributed by atoms with Gasteiger partial charge in [0.25, 0.3) is 0 Å². The van der Waals surface area contributed by atoms with E-state index < -0.39 is 32.1 Å². The maximum absolute atomic E-state index is 14.8. The van der Waals surface area contributed by atoms with Gasteiger partial charge >= 0.3 is 0 Å². The Balaban J connectivity index is 0.814. The van der Waals surface area contributed by atoms with Crippen molar-refractivity contribution >= 4 is 31.9 Å². The molecule has 2 heterocycles. The molecule has 2 aliphatic rings. The first-order valence-corrected chi connectivity index (χ1v) is 32.2. The standard InChI is InChI=1S/C70H74N4O7S2/c75-69(71-61(37-17-29-53-21-5-1-6-22-53)38-18-30-54-23-7-2-8-24-54)67-49-57-33-13-15-35-59(57)51-73(67)82(77,78)65-45-41-63(42-46-65)81-64-43-47-66(48-44-64)83(79,80)74-52-60-36-16-14-34-58(60)50-68(74)70(76)72-62(39-19-31-55-25-9-3-10-26-55)40-20-32-56-27-11-4-12-28-56/h1-16,21-28,33-36,41-48,61-62,67-68H,17-20,29-32,37-40,49-52H2,(H,71,75)(H,72,76). The van der Waals surface area contributed by atoms with Crippen LogP contribution in [0.4, 0.5) is 0 Å². The lowest BCUT2D eigenvalue weighted by Gasteiger charge is -2.36. The predicted octanol–water partition coefficient (Wildman–Crippen LogP) is 12.8. The fourth-order valence-electron chi connectivity index (χ4n) is 11.7. The Kier molecular flexibility index (Phi) is 19.8. The van der Waals surface area contributed by atoms with Gasteiger partial charge in [0, 0.05) is 25.2 Å². The highest BCUT2D eigenvalue weighted by Gasteiger charge is 2.42. The molecule has 13 heteroatoms. The Morgan fingerprint density at radius 1 is 0.386 bits per heavy atom. The Morgan fingerprint density at radius 3 is 0.964 bits per heavy atom. The van der Waals surface area contributed by atoms with Gasteiger partial charge in [-0.15, -0.1) is 0 Å². The minimum Gasteiger partial charge on any atom is -0.457 e. The number of fused-ring (bicyclic) bond motifs is 2. The summed E-state index contributed by atoms with van der Waals surface area (Å²) in [4.78, 5) is 29.2. The summed E-state index contributed by atoms with van der Waals surface area (Å²) in [6, 6.07) is 66.5. The lowest BCUT2D eigenvalue weighted by Crippen LogP contribution is -2.54. The number of hydrogen-bond donors (Lipinski definition) is 2. The molecule has 8 aromatic carbocycles. The van der Waals surface area contributed by atoms with Crippen LogP contribution in [0, 0.1) is 0 Å². The monoisotopic (exact) mass is 1150 g/mol. The number of carbonyl (C=O) groups is 2. The normalized spacial score (nSPS) is 15.5. The first kappa shape index (κ1) is 58.5. The summed E-state index contributed by atoms with van der Waals surface area (Å²) in [6.07, 6.45) is 10.5. The van der Waals surface area contributed by atoms with Gasteiger partial charge in [0.2, 0.25) is 31.9 Å². The van der Waals surface area contributed by atoms with Crippen LogP contribution in [-0.4, -0.2) is 61.4 Å². The van der Waals surface area contributed by atoms with Crippen molar-refractivity contribution < 1.29 is 31.2 Å². The molecule has 8 aromatic rings. The quantitative estimate of drug-likeness (QED) is 0.0550. The number of hydrogen-bond acceptors (Lipinski definition) is 7. The van der Waals surface area contributed by atoms with Gasteiger partial charge in [-0.2, -0.15) is 8.61 Å². The van der Waals surface area contributed by atoms with E-state index >= 15 is 0 Å².